The van der Waals surface area contributed by atoms with E-state index in [0.717, 1.165) is 29.5 Å². The van der Waals surface area contributed by atoms with Gasteiger partial charge in [0.05, 0.1) is 12.7 Å². The lowest BCUT2D eigenvalue weighted by molar-refractivity contribution is 0.00530. The number of guanidine groups is 1. The first-order valence-electron chi connectivity index (χ1n) is 7.56. The van der Waals surface area contributed by atoms with Crippen molar-refractivity contribution in [3.8, 4) is 0 Å². The number of hydrogen-bond donors (Lipinski definition) is 2. The average molecular weight is 493 g/mol. The quantitative estimate of drug-likeness (QED) is 0.393. The highest BCUT2D eigenvalue weighted by Gasteiger charge is 2.17. The van der Waals surface area contributed by atoms with Crippen LogP contribution in [0, 0.1) is 0 Å². The van der Waals surface area contributed by atoms with E-state index < -0.39 is 0 Å². The molecule has 1 atom stereocenters. The molecule has 5 nitrogen and oxygen atoms in total. The molecule has 3 N–H and O–H groups in total. The lowest BCUT2D eigenvalue weighted by atomic mass is 10.1. The molecule has 1 aromatic carbocycles. The van der Waals surface area contributed by atoms with Crippen LogP contribution in [0.5, 0.6) is 0 Å². The first-order valence-corrected chi connectivity index (χ1v) is 8.35. The third kappa shape index (κ3) is 4.39. The molecule has 0 aliphatic carbocycles. The summed E-state index contributed by atoms with van der Waals surface area (Å²) in [7, 11) is 0. The second-order valence-electron chi connectivity index (χ2n) is 5.59. The van der Waals surface area contributed by atoms with Gasteiger partial charge in [-0.25, -0.2) is 0 Å². The number of aromatic nitrogens is 1. The van der Waals surface area contributed by atoms with Crippen LogP contribution >= 0.6 is 39.9 Å². The Hall–Kier alpha value is -0.800. The molecule has 3 rings (SSSR count). The number of halogens is 2. The van der Waals surface area contributed by atoms with Crippen molar-refractivity contribution in [2.24, 2.45) is 10.7 Å². The summed E-state index contributed by atoms with van der Waals surface area (Å²) in [6, 6.07) is 6.17. The van der Waals surface area contributed by atoms with E-state index in [9.17, 15) is 0 Å². The number of H-pyrrole nitrogens is 1. The molecule has 7 heteroatoms. The van der Waals surface area contributed by atoms with Gasteiger partial charge in [0.15, 0.2) is 5.96 Å². The molecule has 1 unspecified atom stereocenters. The van der Waals surface area contributed by atoms with Crippen molar-refractivity contribution in [1.29, 1.82) is 0 Å². The van der Waals surface area contributed by atoms with Crippen molar-refractivity contribution in [3.05, 3.63) is 34.4 Å². The smallest absolute Gasteiger partial charge is 0.191 e. The van der Waals surface area contributed by atoms with Gasteiger partial charge >= 0.3 is 0 Å². The van der Waals surface area contributed by atoms with E-state index in [-0.39, 0.29) is 30.1 Å². The van der Waals surface area contributed by atoms with Gasteiger partial charge in [0.2, 0.25) is 0 Å². The van der Waals surface area contributed by atoms with E-state index in [0.29, 0.717) is 19.1 Å². The molecule has 1 aliphatic rings. The molecule has 1 saturated heterocycles. The maximum absolute atomic E-state index is 6.10. The molecule has 126 valence electrons. The van der Waals surface area contributed by atoms with Gasteiger partial charge in [-0.2, -0.15) is 0 Å². The fourth-order valence-corrected chi connectivity index (χ4v) is 3.44. The molecule has 1 fully saturated rings. The SMILES string of the molecule is CC1CN(C(N)=NCCc2c[nH]c3cccc(Br)c23)CCO1.I. The van der Waals surface area contributed by atoms with Crippen molar-refractivity contribution in [3.63, 3.8) is 0 Å². The fraction of sp³-hybridized carbons (Fsp3) is 0.438. The van der Waals surface area contributed by atoms with Crippen LogP contribution in [0.2, 0.25) is 0 Å². The largest absolute Gasteiger partial charge is 0.375 e. The van der Waals surface area contributed by atoms with Gasteiger partial charge in [0.1, 0.15) is 0 Å². The zero-order valence-corrected chi connectivity index (χ0v) is 17.0. The van der Waals surface area contributed by atoms with E-state index in [1.807, 2.05) is 6.07 Å². The number of fused-ring (bicyclic) bond motifs is 1. The second-order valence-corrected chi connectivity index (χ2v) is 6.45. The number of benzene rings is 1. The van der Waals surface area contributed by atoms with Crippen LogP contribution in [0.4, 0.5) is 0 Å². The predicted molar refractivity (Wildman–Crippen MR) is 109 cm³/mol. The van der Waals surface area contributed by atoms with E-state index in [4.69, 9.17) is 10.5 Å². The number of ether oxygens (including phenoxy) is 1. The predicted octanol–water partition coefficient (Wildman–Crippen LogP) is 3.13. The van der Waals surface area contributed by atoms with Crippen molar-refractivity contribution >= 4 is 56.8 Å². The number of nitrogens with zero attached hydrogens (tertiary/aromatic N) is 2. The summed E-state index contributed by atoms with van der Waals surface area (Å²) < 4.78 is 6.63. The number of nitrogens with one attached hydrogen (secondary N) is 1. The van der Waals surface area contributed by atoms with Crippen LogP contribution in [-0.4, -0.2) is 48.2 Å². The van der Waals surface area contributed by atoms with E-state index in [1.54, 1.807) is 0 Å². The molecule has 2 heterocycles. The highest BCUT2D eigenvalue weighted by molar-refractivity contribution is 14.0. The van der Waals surface area contributed by atoms with Gasteiger partial charge in [-0.05, 0) is 31.0 Å². The second kappa shape index (κ2) is 8.34. The normalized spacial score (nSPS) is 19.0. The highest BCUT2D eigenvalue weighted by atomic mass is 127. The summed E-state index contributed by atoms with van der Waals surface area (Å²) >= 11 is 3.61. The Balaban J connectivity index is 0.00000192. The Morgan fingerprint density at radius 2 is 2.35 bits per heavy atom. The number of morpholine rings is 1. The molecular weight excluding hydrogens is 471 g/mol. The van der Waals surface area contributed by atoms with Gasteiger partial charge in [0.25, 0.3) is 0 Å². The third-order valence-corrected chi connectivity index (χ3v) is 4.62. The molecule has 0 radical (unpaired) electrons. The van der Waals surface area contributed by atoms with Gasteiger partial charge in [0, 0.05) is 41.2 Å². The molecular formula is C16H22BrIN4O. The summed E-state index contributed by atoms with van der Waals surface area (Å²) in [5, 5.41) is 1.23. The molecule has 2 aromatic rings. The highest BCUT2D eigenvalue weighted by Crippen LogP contribution is 2.27. The zero-order chi connectivity index (χ0) is 15.5. The summed E-state index contributed by atoms with van der Waals surface area (Å²) in [6.45, 7) is 5.09. The lowest BCUT2D eigenvalue weighted by Crippen LogP contribution is -2.47. The van der Waals surface area contributed by atoms with Crippen LogP contribution in [0.1, 0.15) is 12.5 Å². The Morgan fingerprint density at radius 1 is 1.52 bits per heavy atom. The van der Waals surface area contributed by atoms with Crippen LogP contribution in [0.25, 0.3) is 10.9 Å². The van der Waals surface area contributed by atoms with Gasteiger partial charge in [-0.3, -0.25) is 4.99 Å². The van der Waals surface area contributed by atoms with Crippen molar-refractivity contribution in [2.75, 3.05) is 26.2 Å². The van der Waals surface area contributed by atoms with Gasteiger partial charge in [-0.15, -0.1) is 24.0 Å². The molecule has 1 aromatic heterocycles. The molecule has 0 bridgehead atoms. The Bertz CT molecular complexity index is 688. The lowest BCUT2D eigenvalue weighted by Gasteiger charge is -2.31. The van der Waals surface area contributed by atoms with Crippen LogP contribution in [-0.2, 0) is 11.2 Å². The number of rotatable bonds is 3. The molecule has 0 saturated carbocycles. The summed E-state index contributed by atoms with van der Waals surface area (Å²) in [4.78, 5) is 9.93. The van der Waals surface area contributed by atoms with Crippen LogP contribution in [0.3, 0.4) is 0 Å². The zero-order valence-electron chi connectivity index (χ0n) is 13.1. The molecule has 0 spiro atoms. The fourth-order valence-electron chi connectivity index (χ4n) is 2.82. The Labute approximate surface area is 161 Å². The number of aromatic amines is 1. The molecule has 0 amide bonds. The Morgan fingerprint density at radius 3 is 3.13 bits per heavy atom. The first kappa shape index (κ1) is 18.5. The molecule has 1 aliphatic heterocycles. The Kier molecular flexibility index (Phi) is 6.72. The van der Waals surface area contributed by atoms with E-state index in [1.165, 1.54) is 10.9 Å². The van der Waals surface area contributed by atoms with Crippen molar-refractivity contribution in [2.45, 2.75) is 19.4 Å². The van der Waals surface area contributed by atoms with E-state index in [2.05, 4.69) is 56.1 Å². The maximum atomic E-state index is 6.10. The van der Waals surface area contributed by atoms with Crippen LogP contribution in [0.15, 0.2) is 33.9 Å². The van der Waals surface area contributed by atoms with E-state index >= 15 is 0 Å². The van der Waals surface area contributed by atoms with Crippen LogP contribution < -0.4 is 5.73 Å². The number of nitrogens with two attached hydrogens (primary N) is 1. The molecule has 23 heavy (non-hydrogen) atoms. The van der Waals surface area contributed by atoms with Gasteiger partial charge < -0.3 is 20.4 Å². The monoisotopic (exact) mass is 492 g/mol. The standard InChI is InChI=1S/C16H21BrN4O.HI/c1-11-10-21(7-8-22-11)16(18)19-6-5-12-9-20-14-4-2-3-13(17)15(12)14;/h2-4,9,11,20H,5-8,10H2,1H3,(H2,18,19);1H. The number of hydrogen-bond acceptors (Lipinski definition) is 2. The summed E-state index contributed by atoms with van der Waals surface area (Å²) in [6.07, 6.45) is 3.13. The minimum Gasteiger partial charge on any atom is -0.375 e. The first-order chi connectivity index (χ1) is 10.6. The van der Waals surface area contributed by atoms with Crippen molar-refractivity contribution in [1.82, 2.24) is 9.88 Å². The van der Waals surface area contributed by atoms with Crippen molar-refractivity contribution < 1.29 is 4.74 Å². The summed E-state index contributed by atoms with van der Waals surface area (Å²) in [5.41, 5.74) is 8.50. The summed E-state index contributed by atoms with van der Waals surface area (Å²) in [5.74, 6) is 0.619. The minimum absolute atomic E-state index is 0. The topological polar surface area (TPSA) is 66.6 Å². The van der Waals surface area contributed by atoms with Gasteiger partial charge in [-0.1, -0.05) is 22.0 Å². The maximum Gasteiger partial charge on any atom is 0.191 e. The number of aliphatic imine (C=N–C) groups is 1. The average Bonchev–Trinajstić information content (AvgIpc) is 2.92. The third-order valence-electron chi connectivity index (χ3n) is 3.96. The minimum atomic E-state index is 0.